The maximum Gasteiger partial charge on any atom is 0.139 e. The second-order valence-corrected chi connectivity index (χ2v) is 5.71. The molecule has 1 heterocycles. The highest BCUT2D eigenvalue weighted by Gasteiger charge is 2.15. The van der Waals surface area contributed by atoms with Gasteiger partial charge in [-0.3, -0.25) is 0 Å². The quantitative estimate of drug-likeness (QED) is 0.764. The summed E-state index contributed by atoms with van der Waals surface area (Å²) in [5.41, 5.74) is 1.51. The van der Waals surface area contributed by atoms with E-state index in [1.807, 2.05) is 4.57 Å². The number of benzene rings is 1. The third-order valence-electron chi connectivity index (χ3n) is 2.93. The number of methoxy groups -OCH3 is 1. The van der Waals surface area contributed by atoms with Crippen LogP contribution in [0.15, 0.2) is 16.6 Å². The van der Waals surface area contributed by atoms with Gasteiger partial charge in [0.05, 0.1) is 28.0 Å². The summed E-state index contributed by atoms with van der Waals surface area (Å²) < 4.78 is 21.1. The summed E-state index contributed by atoms with van der Waals surface area (Å²) in [6.45, 7) is 3.49. The van der Waals surface area contributed by atoms with E-state index in [0.29, 0.717) is 28.4 Å². The SMILES string of the molecule is COCC(C)Cn1c(CCl)nc2cc(F)c(Br)cc21. The number of hydrogen-bond donors (Lipinski definition) is 0. The first-order chi connectivity index (χ1) is 9.06. The van der Waals surface area contributed by atoms with Crippen LogP contribution in [0.3, 0.4) is 0 Å². The first-order valence-corrected chi connectivity index (χ1v) is 7.28. The fraction of sp³-hybridized carbons (Fsp3) is 0.462. The summed E-state index contributed by atoms with van der Waals surface area (Å²) in [4.78, 5) is 4.38. The van der Waals surface area contributed by atoms with Gasteiger partial charge in [-0.2, -0.15) is 0 Å². The molecule has 0 saturated heterocycles. The Balaban J connectivity index is 2.47. The molecule has 0 saturated carbocycles. The number of nitrogens with zero attached hydrogens (tertiary/aromatic N) is 2. The van der Waals surface area contributed by atoms with E-state index in [9.17, 15) is 4.39 Å². The highest BCUT2D eigenvalue weighted by atomic mass is 79.9. The van der Waals surface area contributed by atoms with Crippen molar-refractivity contribution in [1.82, 2.24) is 9.55 Å². The van der Waals surface area contributed by atoms with E-state index in [-0.39, 0.29) is 5.82 Å². The number of ether oxygens (including phenoxy) is 1. The van der Waals surface area contributed by atoms with Crippen molar-refractivity contribution in [2.24, 2.45) is 5.92 Å². The van der Waals surface area contributed by atoms with Crippen molar-refractivity contribution in [2.45, 2.75) is 19.3 Å². The molecule has 6 heteroatoms. The number of aromatic nitrogens is 2. The first-order valence-electron chi connectivity index (χ1n) is 5.95. The Kier molecular flexibility index (Phi) is 4.81. The molecule has 0 bridgehead atoms. The van der Waals surface area contributed by atoms with Crippen LogP contribution in [0.2, 0.25) is 0 Å². The van der Waals surface area contributed by atoms with Crippen molar-refractivity contribution >= 4 is 38.6 Å². The fourth-order valence-corrected chi connectivity index (χ4v) is 2.66. The molecule has 2 rings (SSSR count). The average molecular weight is 350 g/mol. The smallest absolute Gasteiger partial charge is 0.139 e. The van der Waals surface area contributed by atoms with E-state index in [1.54, 1.807) is 13.2 Å². The largest absolute Gasteiger partial charge is 0.384 e. The first kappa shape index (κ1) is 14.8. The molecule has 0 fully saturated rings. The van der Waals surface area contributed by atoms with Crippen molar-refractivity contribution in [2.75, 3.05) is 13.7 Å². The highest BCUT2D eigenvalue weighted by Crippen LogP contribution is 2.25. The number of imidazole rings is 1. The van der Waals surface area contributed by atoms with Crippen LogP contribution in [0.4, 0.5) is 4.39 Å². The summed E-state index contributed by atoms with van der Waals surface area (Å²) in [6, 6.07) is 3.17. The summed E-state index contributed by atoms with van der Waals surface area (Å²) >= 11 is 9.13. The van der Waals surface area contributed by atoms with E-state index in [1.165, 1.54) is 6.07 Å². The molecule has 0 aliphatic rings. The minimum atomic E-state index is -0.316. The maximum atomic E-state index is 13.5. The molecule has 0 amide bonds. The van der Waals surface area contributed by atoms with Crippen LogP contribution >= 0.6 is 27.5 Å². The predicted octanol–water partition coefficient (Wildman–Crippen LogP) is 3.96. The van der Waals surface area contributed by atoms with E-state index in [4.69, 9.17) is 16.3 Å². The molecule has 1 atom stereocenters. The van der Waals surface area contributed by atoms with Crippen molar-refractivity contribution < 1.29 is 9.13 Å². The van der Waals surface area contributed by atoms with Gasteiger partial charge in [0.25, 0.3) is 0 Å². The lowest BCUT2D eigenvalue weighted by molar-refractivity contribution is 0.151. The van der Waals surface area contributed by atoms with Gasteiger partial charge in [0, 0.05) is 19.7 Å². The van der Waals surface area contributed by atoms with Crippen LogP contribution in [-0.2, 0) is 17.2 Å². The molecule has 1 aromatic heterocycles. The molecule has 2 aromatic rings. The second-order valence-electron chi connectivity index (χ2n) is 4.59. The zero-order chi connectivity index (χ0) is 14.0. The van der Waals surface area contributed by atoms with Crippen molar-refractivity contribution in [1.29, 1.82) is 0 Å². The van der Waals surface area contributed by atoms with Gasteiger partial charge in [-0.1, -0.05) is 6.92 Å². The third-order valence-corrected chi connectivity index (χ3v) is 3.78. The van der Waals surface area contributed by atoms with Crippen LogP contribution in [-0.4, -0.2) is 23.3 Å². The lowest BCUT2D eigenvalue weighted by atomic mass is 10.2. The van der Waals surface area contributed by atoms with Gasteiger partial charge < -0.3 is 9.30 Å². The Hall–Kier alpha value is -0.650. The fourth-order valence-electron chi connectivity index (χ4n) is 2.12. The zero-order valence-electron chi connectivity index (χ0n) is 10.8. The topological polar surface area (TPSA) is 27.1 Å². The Morgan fingerprint density at radius 3 is 2.89 bits per heavy atom. The van der Waals surface area contributed by atoms with Crippen LogP contribution in [0.5, 0.6) is 0 Å². The molecule has 0 spiro atoms. The Bertz CT molecular complexity index is 588. The lowest BCUT2D eigenvalue weighted by Gasteiger charge is -2.14. The van der Waals surface area contributed by atoms with Crippen molar-refractivity contribution in [3.8, 4) is 0 Å². The molecule has 1 aromatic carbocycles. The van der Waals surface area contributed by atoms with E-state index < -0.39 is 0 Å². The molecule has 104 valence electrons. The van der Waals surface area contributed by atoms with Gasteiger partial charge in [0.15, 0.2) is 0 Å². The third kappa shape index (κ3) is 3.09. The highest BCUT2D eigenvalue weighted by molar-refractivity contribution is 9.10. The molecule has 19 heavy (non-hydrogen) atoms. The Morgan fingerprint density at radius 1 is 1.53 bits per heavy atom. The zero-order valence-corrected chi connectivity index (χ0v) is 13.1. The maximum absolute atomic E-state index is 13.5. The number of alkyl halides is 1. The van der Waals surface area contributed by atoms with Crippen LogP contribution in [0.25, 0.3) is 11.0 Å². The van der Waals surface area contributed by atoms with Gasteiger partial charge in [0.1, 0.15) is 11.6 Å². The summed E-state index contributed by atoms with van der Waals surface area (Å²) in [6.07, 6.45) is 0. The number of halogens is 3. The van der Waals surface area contributed by atoms with Crippen LogP contribution in [0, 0.1) is 11.7 Å². The summed E-state index contributed by atoms with van der Waals surface area (Å²) in [5, 5.41) is 0. The standard InChI is InChI=1S/C13H15BrClFN2O/c1-8(7-19-2)6-18-12-3-9(14)10(16)4-11(12)17-13(18)5-15/h3-4,8H,5-7H2,1-2H3. The lowest BCUT2D eigenvalue weighted by Crippen LogP contribution is -2.14. The van der Waals surface area contributed by atoms with E-state index in [0.717, 1.165) is 17.9 Å². The molecular formula is C13H15BrClFN2O. The molecular weight excluding hydrogens is 335 g/mol. The van der Waals surface area contributed by atoms with Crippen molar-refractivity contribution in [3.63, 3.8) is 0 Å². The molecule has 3 nitrogen and oxygen atoms in total. The normalized spacial score (nSPS) is 13.1. The molecule has 0 radical (unpaired) electrons. The summed E-state index contributed by atoms with van der Waals surface area (Å²) in [7, 11) is 1.68. The monoisotopic (exact) mass is 348 g/mol. The van der Waals surface area contributed by atoms with Crippen molar-refractivity contribution in [3.05, 3.63) is 28.2 Å². The second kappa shape index (κ2) is 6.20. The molecule has 1 unspecified atom stereocenters. The Morgan fingerprint density at radius 2 is 2.26 bits per heavy atom. The predicted molar refractivity (Wildman–Crippen MR) is 78.0 cm³/mol. The van der Waals surface area contributed by atoms with Gasteiger partial charge in [-0.25, -0.2) is 9.37 Å². The van der Waals surface area contributed by atoms with Gasteiger partial charge in [-0.05, 0) is 27.9 Å². The van der Waals surface area contributed by atoms with E-state index in [2.05, 4.69) is 27.8 Å². The average Bonchev–Trinajstić information content (AvgIpc) is 2.68. The van der Waals surface area contributed by atoms with Crippen LogP contribution in [0.1, 0.15) is 12.7 Å². The van der Waals surface area contributed by atoms with Gasteiger partial charge in [0.2, 0.25) is 0 Å². The molecule has 0 N–H and O–H groups in total. The van der Waals surface area contributed by atoms with Gasteiger partial charge in [-0.15, -0.1) is 11.6 Å². The minimum Gasteiger partial charge on any atom is -0.384 e. The summed E-state index contributed by atoms with van der Waals surface area (Å²) in [5.74, 6) is 1.06. The molecule has 0 aliphatic carbocycles. The van der Waals surface area contributed by atoms with Crippen LogP contribution < -0.4 is 0 Å². The number of hydrogen-bond acceptors (Lipinski definition) is 2. The number of rotatable bonds is 5. The number of fused-ring (bicyclic) bond motifs is 1. The Labute approximate surface area is 124 Å². The van der Waals surface area contributed by atoms with E-state index >= 15 is 0 Å². The molecule has 0 aliphatic heterocycles. The minimum absolute atomic E-state index is 0.299. The van der Waals surface area contributed by atoms with Gasteiger partial charge >= 0.3 is 0 Å².